The average Bonchev–Trinajstić information content (AvgIpc) is 2.37. The standard InChI is InChI=1S/C13H21N3O/c1-16(7-8-17-2)10-13-12-4-5-14-9-11(12)3-6-15-13/h3,6,14H,4-5,7-10H2,1-2H3. The molecule has 1 aromatic heterocycles. The fourth-order valence-electron chi connectivity index (χ4n) is 2.21. The molecule has 0 bridgehead atoms. The molecule has 4 heteroatoms. The molecular formula is C13H21N3O. The molecular weight excluding hydrogens is 214 g/mol. The lowest BCUT2D eigenvalue weighted by Crippen LogP contribution is -2.28. The maximum atomic E-state index is 5.09. The van der Waals surface area contributed by atoms with Gasteiger partial charge in [-0.3, -0.25) is 9.88 Å². The lowest BCUT2D eigenvalue weighted by atomic mass is 10.00. The quantitative estimate of drug-likeness (QED) is 0.819. The second-order valence-electron chi connectivity index (χ2n) is 4.55. The Morgan fingerprint density at radius 2 is 2.41 bits per heavy atom. The Labute approximate surface area is 103 Å². The molecule has 1 aliphatic rings. The Balaban J connectivity index is 2.05. The number of rotatable bonds is 5. The van der Waals surface area contributed by atoms with E-state index in [1.165, 1.54) is 16.8 Å². The fraction of sp³-hybridized carbons (Fsp3) is 0.615. The molecule has 0 saturated carbocycles. The van der Waals surface area contributed by atoms with Crippen molar-refractivity contribution >= 4 is 0 Å². The van der Waals surface area contributed by atoms with E-state index in [1.807, 2.05) is 6.20 Å². The Kier molecular flexibility index (Phi) is 4.48. The van der Waals surface area contributed by atoms with Gasteiger partial charge >= 0.3 is 0 Å². The minimum absolute atomic E-state index is 0.771. The van der Waals surface area contributed by atoms with Crippen molar-refractivity contribution in [1.82, 2.24) is 15.2 Å². The van der Waals surface area contributed by atoms with Crippen LogP contribution >= 0.6 is 0 Å². The zero-order chi connectivity index (χ0) is 12.1. The topological polar surface area (TPSA) is 37.4 Å². The number of likely N-dealkylation sites (N-methyl/N-ethyl adjacent to an activating group) is 1. The van der Waals surface area contributed by atoms with Crippen molar-refractivity contribution in [3.8, 4) is 0 Å². The highest BCUT2D eigenvalue weighted by molar-refractivity contribution is 5.32. The fourth-order valence-corrected chi connectivity index (χ4v) is 2.21. The van der Waals surface area contributed by atoms with Crippen LogP contribution in [-0.2, 0) is 24.2 Å². The molecule has 0 spiro atoms. The summed E-state index contributed by atoms with van der Waals surface area (Å²) in [5, 5.41) is 3.39. The monoisotopic (exact) mass is 235 g/mol. The van der Waals surface area contributed by atoms with E-state index in [9.17, 15) is 0 Å². The van der Waals surface area contributed by atoms with Gasteiger partial charge in [0.05, 0.1) is 12.3 Å². The first kappa shape index (κ1) is 12.5. The van der Waals surface area contributed by atoms with E-state index < -0.39 is 0 Å². The highest BCUT2D eigenvalue weighted by Crippen LogP contribution is 2.17. The number of fused-ring (bicyclic) bond motifs is 1. The van der Waals surface area contributed by atoms with Crippen LogP contribution in [0.2, 0.25) is 0 Å². The largest absolute Gasteiger partial charge is 0.383 e. The molecule has 0 aromatic carbocycles. The molecule has 2 heterocycles. The van der Waals surface area contributed by atoms with Gasteiger partial charge in [-0.15, -0.1) is 0 Å². The first-order valence-corrected chi connectivity index (χ1v) is 6.15. The third kappa shape index (κ3) is 3.25. The zero-order valence-corrected chi connectivity index (χ0v) is 10.7. The lowest BCUT2D eigenvalue weighted by molar-refractivity contribution is 0.158. The average molecular weight is 235 g/mol. The van der Waals surface area contributed by atoms with E-state index in [0.29, 0.717) is 0 Å². The molecule has 17 heavy (non-hydrogen) atoms. The number of hydrogen-bond donors (Lipinski definition) is 1. The predicted molar refractivity (Wildman–Crippen MR) is 67.9 cm³/mol. The van der Waals surface area contributed by atoms with Gasteiger partial charge in [0.15, 0.2) is 0 Å². The van der Waals surface area contributed by atoms with Gasteiger partial charge in [0.25, 0.3) is 0 Å². The number of pyridine rings is 1. The molecule has 0 fully saturated rings. The van der Waals surface area contributed by atoms with Crippen molar-refractivity contribution in [3.05, 3.63) is 29.1 Å². The summed E-state index contributed by atoms with van der Waals surface area (Å²) in [6.07, 6.45) is 3.02. The molecule has 1 N–H and O–H groups in total. The van der Waals surface area contributed by atoms with Crippen LogP contribution in [0.1, 0.15) is 16.8 Å². The van der Waals surface area contributed by atoms with Crippen molar-refractivity contribution in [2.45, 2.75) is 19.5 Å². The SMILES string of the molecule is COCCN(C)Cc1nccc2c1CCNC2. The van der Waals surface area contributed by atoms with Gasteiger partial charge in [0.2, 0.25) is 0 Å². The number of ether oxygens (including phenoxy) is 1. The summed E-state index contributed by atoms with van der Waals surface area (Å²) in [6, 6.07) is 2.13. The highest BCUT2D eigenvalue weighted by Gasteiger charge is 2.14. The minimum atomic E-state index is 0.771. The van der Waals surface area contributed by atoms with E-state index in [4.69, 9.17) is 4.74 Å². The second-order valence-corrected chi connectivity index (χ2v) is 4.55. The van der Waals surface area contributed by atoms with Crippen molar-refractivity contribution in [2.75, 3.05) is 33.9 Å². The van der Waals surface area contributed by atoms with Crippen molar-refractivity contribution in [3.63, 3.8) is 0 Å². The van der Waals surface area contributed by atoms with Gasteiger partial charge in [0, 0.05) is 32.9 Å². The van der Waals surface area contributed by atoms with Gasteiger partial charge < -0.3 is 10.1 Å². The van der Waals surface area contributed by atoms with Crippen LogP contribution in [0.4, 0.5) is 0 Å². The molecule has 4 nitrogen and oxygen atoms in total. The van der Waals surface area contributed by atoms with Crippen LogP contribution in [0.25, 0.3) is 0 Å². The molecule has 2 rings (SSSR count). The maximum Gasteiger partial charge on any atom is 0.0589 e. The Morgan fingerprint density at radius 3 is 3.24 bits per heavy atom. The summed E-state index contributed by atoms with van der Waals surface area (Å²) >= 11 is 0. The van der Waals surface area contributed by atoms with Crippen LogP contribution in [0.15, 0.2) is 12.3 Å². The van der Waals surface area contributed by atoms with E-state index in [2.05, 4.69) is 28.3 Å². The summed E-state index contributed by atoms with van der Waals surface area (Å²) in [5.41, 5.74) is 4.07. The number of nitrogens with zero attached hydrogens (tertiary/aromatic N) is 2. The zero-order valence-electron chi connectivity index (χ0n) is 10.7. The molecule has 1 aliphatic heterocycles. The van der Waals surface area contributed by atoms with Crippen molar-refractivity contribution in [1.29, 1.82) is 0 Å². The number of aromatic nitrogens is 1. The molecule has 0 atom stereocenters. The van der Waals surface area contributed by atoms with E-state index >= 15 is 0 Å². The van der Waals surface area contributed by atoms with E-state index in [0.717, 1.165) is 39.2 Å². The Morgan fingerprint density at radius 1 is 1.53 bits per heavy atom. The van der Waals surface area contributed by atoms with E-state index in [1.54, 1.807) is 7.11 Å². The molecule has 0 amide bonds. The van der Waals surface area contributed by atoms with Gasteiger partial charge in [-0.25, -0.2) is 0 Å². The summed E-state index contributed by atoms with van der Waals surface area (Å²) in [7, 11) is 3.85. The molecule has 94 valence electrons. The van der Waals surface area contributed by atoms with Crippen molar-refractivity contribution < 1.29 is 4.74 Å². The molecule has 1 aromatic rings. The van der Waals surface area contributed by atoms with Gasteiger partial charge in [-0.2, -0.15) is 0 Å². The Hall–Kier alpha value is -0.970. The van der Waals surface area contributed by atoms with Crippen molar-refractivity contribution in [2.24, 2.45) is 0 Å². The third-order valence-electron chi connectivity index (χ3n) is 3.21. The van der Waals surface area contributed by atoms with Gasteiger partial charge in [-0.1, -0.05) is 0 Å². The summed E-state index contributed by atoms with van der Waals surface area (Å²) < 4.78 is 5.09. The van der Waals surface area contributed by atoms with Gasteiger partial charge in [0.1, 0.15) is 0 Å². The number of methoxy groups -OCH3 is 1. The first-order chi connectivity index (χ1) is 8.31. The van der Waals surface area contributed by atoms with Crippen LogP contribution in [-0.4, -0.2) is 43.7 Å². The van der Waals surface area contributed by atoms with E-state index in [-0.39, 0.29) is 0 Å². The number of nitrogens with one attached hydrogen (secondary N) is 1. The van der Waals surface area contributed by atoms with Gasteiger partial charge in [-0.05, 0) is 37.2 Å². The summed E-state index contributed by atoms with van der Waals surface area (Å²) in [5.74, 6) is 0. The highest BCUT2D eigenvalue weighted by atomic mass is 16.5. The Bertz CT molecular complexity index is 368. The predicted octanol–water partition coefficient (Wildman–Crippen LogP) is 0.805. The summed E-state index contributed by atoms with van der Waals surface area (Å²) in [4.78, 5) is 6.79. The van der Waals surface area contributed by atoms with Crippen LogP contribution < -0.4 is 5.32 Å². The third-order valence-corrected chi connectivity index (χ3v) is 3.21. The number of hydrogen-bond acceptors (Lipinski definition) is 4. The molecule has 0 aliphatic carbocycles. The smallest absolute Gasteiger partial charge is 0.0589 e. The molecule has 0 radical (unpaired) electrons. The normalized spacial score (nSPS) is 15.0. The summed E-state index contributed by atoms with van der Waals surface area (Å²) in [6.45, 7) is 4.67. The minimum Gasteiger partial charge on any atom is -0.383 e. The second kappa shape index (κ2) is 6.10. The van der Waals surface area contributed by atoms with Crippen LogP contribution in [0.3, 0.4) is 0 Å². The van der Waals surface area contributed by atoms with Crippen LogP contribution in [0, 0.1) is 0 Å². The molecule has 0 saturated heterocycles. The van der Waals surface area contributed by atoms with Crippen LogP contribution in [0.5, 0.6) is 0 Å². The maximum absolute atomic E-state index is 5.09. The first-order valence-electron chi connectivity index (χ1n) is 6.15. The molecule has 0 unspecified atom stereocenters. The lowest BCUT2D eigenvalue weighted by Gasteiger charge is -2.22.